The Kier molecular flexibility index (Phi) is 16.9. The van der Waals surface area contributed by atoms with E-state index in [0.717, 1.165) is 38.5 Å². The van der Waals surface area contributed by atoms with Gasteiger partial charge < -0.3 is 20.8 Å². The monoisotopic (exact) mass is 400 g/mol. The van der Waals surface area contributed by atoms with Gasteiger partial charge in [-0.3, -0.25) is 19.2 Å². The molecule has 8 heteroatoms. The molecule has 0 saturated heterocycles. The zero-order valence-electron chi connectivity index (χ0n) is 16.8. The van der Waals surface area contributed by atoms with E-state index in [-0.39, 0.29) is 37.5 Å². The molecule has 28 heavy (non-hydrogen) atoms. The van der Waals surface area contributed by atoms with Crippen LogP contribution in [0.3, 0.4) is 0 Å². The number of unbranched alkanes of at least 4 members (excludes halogenated alkanes) is 9. The molecule has 0 unspecified atom stereocenters. The standard InChI is InChI=1S/C20H36N2O6/c23-17(11-13-19(25)26)21-15-9-7-5-3-1-2-4-6-8-10-16-22-18(24)12-14-20(27)28/h1-16H2,(H,21,23)(H,22,24)(H,25,26)(H,27,28). The SMILES string of the molecule is O=C(O)CCC(=O)NCCCCCCCCCCCCNC(=O)CCC(=O)O. The molecule has 0 atom stereocenters. The number of rotatable bonds is 19. The van der Waals surface area contributed by atoms with Gasteiger partial charge in [0.25, 0.3) is 0 Å². The number of carboxylic acid groups (broad SMARTS) is 2. The van der Waals surface area contributed by atoms with Gasteiger partial charge in [-0.1, -0.05) is 51.4 Å². The maximum absolute atomic E-state index is 11.3. The van der Waals surface area contributed by atoms with Crippen molar-refractivity contribution >= 4 is 23.8 Å². The van der Waals surface area contributed by atoms with Crippen LogP contribution in [0.5, 0.6) is 0 Å². The molecule has 0 aliphatic carbocycles. The van der Waals surface area contributed by atoms with Gasteiger partial charge in [0, 0.05) is 25.9 Å². The average Bonchev–Trinajstić information content (AvgIpc) is 2.64. The van der Waals surface area contributed by atoms with Crippen molar-refractivity contribution in [2.75, 3.05) is 13.1 Å². The molecule has 4 N–H and O–H groups in total. The summed E-state index contributed by atoms with van der Waals surface area (Å²) >= 11 is 0. The Bertz CT molecular complexity index is 426. The summed E-state index contributed by atoms with van der Waals surface area (Å²) in [6.07, 6.45) is 10.9. The number of carbonyl (C=O) groups excluding carboxylic acids is 2. The lowest BCUT2D eigenvalue weighted by Crippen LogP contribution is -2.24. The fourth-order valence-electron chi connectivity index (χ4n) is 2.74. The molecule has 0 rings (SSSR count). The highest BCUT2D eigenvalue weighted by molar-refractivity contribution is 5.81. The van der Waals surface area contributed by atoms with Crippen LogP contribution in [-0.2, 0) is 19.2 Å². The average molecular weight is 401 g/mol. The molecule has 0 spiro atoms. The number of hydrogen-bond acceptors (Lipinski definition) is 4. The van der Waals surface area contributed by atoms with E-state index in [1.165, 1.54) is 25.7 Å². The summed E-state index contributed by atoms with van der Waals surface area (Å²) in [5.74, 6) is -2.28. The predicted molar refractivity (Wildman–Crippen MR) is 106 cm³/mol. The minimum absolute atomic E-state index is 0.0480. The largest absolute Gasteiger partial charge is 0.481 e. The third-order valence-electron chi connectivity index (χ3n) is 4.38. The molecular weight excluding hydrogens is 364 g/mol. The second-order valence-electron chi connectivity index (χ2n) is 7.02. The highest BCUT2D eigenvalue weighted by atomic mass is 16.4. The lowest BCUT2D eigenvalue weighted by Gasteiger charge is -2.05. The van der Waals surface area contributed by atoms with E-state index >= 15 is 0 Å². The Hall–Kier alpha value is -2.12. The topological polar surface area (TPSA) is 133 Å². The van der Waals surface area contributed by atoms with E-state index in [9.17, 15) is 19.2 Å². The first-order valence-electron chi connectivity index (χ1n) is 10.4. The third-order valence-corrected chi connectivity index (χ3v) is 4.38. The number of hydrogen-bond donors (Lipinski definition) is 4. The molecule has 0 bridgehead atoms. The van der Waals surface area contributed by atoms with Crippen LogP contribution in [0.2, 0.25) is 0 Å². The van der Waals surface area contributed by atoms with Crippen molar-refractivity contribution in [2.24, 2.45) is 0 Å². The van der Waals surface area contributed by atoms with E-state index < -0.39 is 11.9 Å². The number of carboxylic acids is 2. The Morgan fingerprint density at radius 2 is 0.750 bits per heavy atom. The van der Waals surface area contributed by atoms with E-state index in [4.69, 9.17) is 10.2 Å². The summed E-state index contributed by atoms with van der Waals surface area (Å²) in [4.78, 5) is 43.3. The van der Waals surface area contributed by atoms with Gasteiger partial charge in [-0.05, 0) is 12.8 Å². The highest BCUT2D eigenvalue weighted by Gasteiger charge is 2.05. The van der Waals surface area contributed by atoms with Gasteiger partial charge in [-0.2, -0.15) is 0 Å². The van der Waals surface area contributed by atoms with Gasteiger partial charge in [0.1, 0.15) is 0 Å². The Labute approximate surface area is 167 Å². The van der Waals surface area contributed by atoms with Crippen molar-refractivity contribution in [3.63, 3.8) is 0 Å². The Morgan fingerprint density at radius 3 is 1.04 bits per heavy atom. The maximum atomic E-state index is 11.3. The smallest absolute Gasteiger partial charge is 0.303 e. The van der Waals surface area contributed by atoms with E-state index in [1.807, 2.05) is 0 Å². The van der Waals surface area contributed by atoms with Crippen LogP contribution in [0.4, 0.5) is 0 Å². The van der Waals surface area contributed by atoms with Gasteiger partial charge >= 0.3 is 11.9 Å². The van der Waals surface area contributed by atoms with Gasteiger partial charge in [0.2, 0.25) is 11.8 Å². The first-order valence-corrected chi connectivity index (χ1v) is 10.4. The number of carbonyl (C=O) groups is 4. The first-order chi connectivity index (χ1) is 13.4. The van der Waals surface area contributed by atoms with Crippen molar-refractivity contribution in [2.45, 2.75) is 89.9 Å². The van der Waals surface area contributed by atoms with Crippen molar-refractivity contribution in [3.8, 4) is 0 Å². The first kappa shape index (κ1) is 25.9. The fraction of sp³-hybridized carbons (Fsp3) is 0.800. The summed E-state index contributed by atoms with van der Waals surface area (Å²) < 4.78 is 0. The van der Waals surface area contributed by atoms with Gasteiger partial charge in [0.05, 0.1) is 12.8 Å². The van der Waals surface area contributed by atoms with Crippen molar-refractivity contribution in [3.05, 3.63) is 0 Å². The van der Waals surface area contributed by atoms with E-state index in [0.29, 0.717) is 13.1 Å². The van der Waals surface area contributed by atoms with Crippen LogP contribution < -0.4 is 10.6 Å². The third kappa shape index (κ3) is 20.2. The van der Waals surface area contributed by atoms with Crippen LogP contribution in [0.25, 0.3) is 0 Å². The molecular formula is C20H36N2O6. The maximum Gasteiger partial charge on any atom is 0.303 e. The minimum atomic E-state index is -0.949. The number of aliphatic carboxylic acids is 2. The number of nitrogens with one attached hydrogen (secondary N) is 2. The fourth-order valence-corrected chi connectivity index (χ4v) is 2.74. The number of amides is 2. The van der Waals surface area contributed by atoms with E-state index in [2.05, 4.69) is 10.6 Å². The van der Waals surface area contributed by atoms with Crippen LogP contribution in [-0.4, -0.2) is 47.1 Å². The molecule has 162 valence electrons. The summed E-state index contributed by atoms with van der Waals surface area (Å²) in [6.45, 7) is 1.23. The van der Waals surface area contributed by atoms with Crippen molar-refractivity contribution in [1.82, 2.24) is 10.6 Å². The molecule has 0 radical (unpaired) electrons. The van der Waals surface area contributed by atoms with Crippen LogP contribution in [0.15, 0.2) is 0 Å². The molecule has 2 amide bonds. The van der Waals surface area contributed by atoms with E-state index in [1.54, 1.807) is 0 Å². The van der Waals surface area contributed by atoms with Crippen LogP contribution >= 0.6 is 0 Å². The second kappa shape index (κ2) is 18.3. The summed E-state index contributed by atoms with van der Waals surface area (Å²) in [6, 6.07) is 0. The molecule has 0 aliphatic rings. The molecule has 0 fully saturated rings. The predicted octanol–water partition coefficient (Wildman–Crippen LogP) is 2.85. The van der Waals surface area contributed by atoms with Crippen molar-refractivity contribution < 1.29 is 29.4 Å². The van der Waals surface area contributed by atoms with Crippen molar-refractivity contribution in [1.29, 1.82) is 0 Å². The van der Waals surface area contributed by atoms with Gasteiger partial charge in [0.15, 0.2) is 0 Å². The Balaban J connectivity index is 3.21. The zero-order valence-corrected chi connectivity index (χ0v) is 16.8. The van der Waals surface area contributed by atoms with Gasteiger partial charge in [-0.15, -0.1) is 0 Å². The lowest BCUT2D eigenvalue weighted by atomic mass is 10.1. The summed E-state index contributed by atoms with van der Waals surface area (Å²) in [5, 5.41) is 22.5. The minimum Gasteiger partial charge on any atom is -0.481 e. The van der Waals surface area contributed by atoms with Crippen LogP contribution in [0, 0.1) is 0 Å². The lowest BCUT2D eigenvalue weighted by molar-refractivity contribution is -0.139. The Morgan fingerprint density at radius 1 is 0.464 bits per heavy atom. The molecule has 0 aromatic heterocycles. The molecule has 0 aromatic rings. The quantitative estimate of drug-likeness (QED) is 0.246. The molecule has 8 nitrogen and oxygen atoms in total. The molecule has 0 aromatic carbocycles. The molecule has 0 aliphatic heterocycles. The molecule has 0 heterocycles. The zero-order chi connectivity index (χ0) is 21.0. The summed E-state index contributed by atoms with van der Waals surface area (Å²) in [7, 11) is 0. The van der Waals surface area contributed by atoms with Gasteiger partial charge in [-0.25, -0.2) is 0 Å². The normalized spacial score (nSPS) is 10.4. The molecule has 0 saturated carbocycles. The van der Waals surface area contributed by atoms with Crippen LogP contribution in [0.1, 0.15) is 89.9 Å². The highest BCUT2D eigenvalue weighted by Crippen LogP contribution is 2.10. The second-order valence-corrected chi connectivity index (χ2v) is 7.02. The summed E-state index contributed by atoms with van der Waals surface area (Å²) in [5.41, 5.74) is 0.